The molecule has 112 valence electrons. The van der Waals surface area contributed by atoms with Gasteiger partial charge in [0.15, 0.2) is 0 Å². The van der Waals surface area contributed by atoms with Crippen molar-refractivity contribution < 1.29 is 9.59 Å². The fourth-order valence-corrected chi connectivity index (χ4v) is 1.83. The van der Waals surface area contributed by atoms with E-state index in [-0.39, 0.29) is 11.6 Å². The molecule has 1 saturated carbocycles. The summed E-state index contributed by atoms with van der Waals surface area (Å²) in [5, 5.41) is 0. The Balaban J connectivity index is -0.000000375. The van der Waals surface area contributed by atoms with Crippen LogP contribution in [0.1, 0.15) is 32.6 Å². The van der Waals surface area contributed by atoms with Gasteiger partial charge in [-0.15, -0.1) is 0 Å². The van der Waals surface area contributed by atoms with E-state index in [1.807, 2.05) is 6.92 Å². The first-order chi connectivity index (χ1) is 9.20. The fourth-order valence-electron chi connectivity index (χ4n) is 1.83. The van der Waals surface area contributed by atoms with Crippen molar-refractivity contribution in [2.75, 3.05) is 21.1 Å². The van der Waals surface area contributed by atoms with E-state index < -0.39 is 0 Å². The molecule has 2 atom stereocenters. The Labute approximate surface area is 115 Å². The predicted octanol–water partition coefficient (Wildman–Crippen LogP) is 0.0840. The Morgan fingerprint density at radius 1 is 1.05 bits per heavy atom. The van der Waals surface area contributed by atoms with Gasteiger partial charge in [-0.25, -0.2) is 14.6 Å². The molecule has 0 aromatic rings. The van der Waals surface area contributed by atoms with Gasteiger partial charge >= 0.3 is 0 Å². The van der Waals surface area contributed by atoms with E-state index in [9.17, 15) is 9.59 Å². The highest BCUT2D eigenvalue weighted by atomic mass is 16.1. The summed E-state index contributed by atoms with van der Waals surface area (Å²) in [4.78, 5) is 27.6. The Kier molecular flexibility index (Phi) is 20.0. The quantitative estimate of drug-likeness (QED) is 0.483. The maximum absolute atomic E-state index is 10.1. The van der Waals surface area contributed by atoms with Crippen molar-refractivity contribution in [2.24, 2.45) is 27.2 Å². The standard InChI is InChI=1S/C9H12N2O2.3CH5N/c1-9(11-7-13)4-2-3-8(5-9)10-6-12;3*1-2/h8H,2-5H2,1H3;3*2H2,1H3. The van der Waals surface area contributed by atoms with Crippen LogP contribution in [0.25, 0.3) is 0 Å². The lowest BCUT2D eigenvalue weighted by Crippen LogP contribution is -2.32. The first kappa shape index (κ1) is 22.8. The van der Waals surface area contributed by atoms with Gasteiger partial charge < -0.3 is 17.2 Å². The zero-order valence-corrected chi connectivity index (χ0v) is 12.3. The van der Waals surface area contributed by atoms with Crippen LogP contribution in [0.5, 0.6) is 0 Å². The molecule has 0 saturated heterocycles. The molecule has 0 aliphatic heterocycles. The van der Waals surface area contributed by atoms with E-state index in [2.05, 4.69) is 27.2 Å². The van der Waals surface area contributed by atoms with Crippen LogP contribution in [0.15, 0.2) is 9.98 Å². The first-order valence-corrected chi connectivity index (χ1v) is 6.09. The molecule has 1 aliphatic carbocycles. The third-order valence-electron chi connectivity index (χ3n) is 2.48. The first-order valence-electron chi connectivity index (χ1n) is 6.09. The van der Waals surface area contributed by atoms with Crippen LogP contribution in [-0.2, 0) is 9.59 Å². The molecule has 19 heavy (non-hydrogen) atoms. The van der Waals surface area contributed by atoms with Gasteiger partial charge in [0, 0.05) is 0 Å². The zero-order valence-electron chi connectivity index (χ0n) is 12.3. The molecule has 2 unspecified atom stereocenters. The van der Waals surface area contributed by atoms with Crippen molar-refractivity contribution >= 4 is 12.2 Å². The number of nitrogens with zero attached hydrogens (tertiary/aromatic N) is 2. The topological polar surface area (TPSA) is 137 Å². The van der Waals surface area contributed by atoms with Crippen LogP contribution >= 0.6 is 0 Å². The molecule has 0 spiro atoms. The summed E-state index contributed by atoms with van der Waals surface area (Å²) >= 11 is 0. The van der Waals surface area contributed by atoms with Gasteiger partial charge in [0.2, 0.25) is 12.2 Å². The van der Waals surface area contributed by atoms with Gasteiger partial charge in [-0.05, 0) is 53.8 Å². The van der Waals surface area contributed by atoms with Crippen molar-refractivity contribution in [2.45, 2.75) is 44.2 Å². The molecular weight excluding hydrogens is 246 g/mol. The lowest BCUT2D eigenvalue weighted by Gasteiger charge is -2.31. The third-order valence-corrected chi connectivity index (χ3v) is 2.48. The molecule has 7 nitrogen and oxygen atoms in total. The Hall–Kier alpha value is -1.36. The number of hydrogen-bond acceptors (Lipinski definition) is 7. The summed E-state index contributed by atoms with van der Waals surface area (Å²) in [6.07, 6.45) is 6.48. The maximum Gasteiger partial charge on any atom is 0.235 e. The van der Waals surface area contributed by atoms with Crippen LogP contribution in [0, 0.1) is 0 Å². The van der Waals surface area contributed by atoms with Gasteiger partial charge in [-0.3, -0.25) is 0 Å². The molecule has 1 aliphatic rings. The average molecular weight is 273 g/mol. The second kappa shape index (κ2) is 16.6. The van der Waals surface area contributed by atoms with E-state index in [0.717, 1.165) is 19.3 Å². The smallest absolute Gasteiger partial charge is 0.235 e. The van der Waals surface area contributed by atoms with E-state index in [1.54, 1.807) is 12.2 Å². The average Bonchev–Trinajstić information content (AvgIpc) is 2.46. The second-order valence-corrected chi connectivity index (χ2v) is 3.67. The van der Waals surface area contributed by atoms with E-state index in [4.69, 9.17) is 0 Å². The lowest BCUT2D eigenvalue weighted by molar-refractivity contribution is 0.294. The van der Waals surface area contributed by atoms with Gasteiger partial charge in [-0.1, -0.05) is 0 Å². The number of hydrogen-bond donors (Lipinski definition) is 3. The second-order valence-electron chi connectivity index (χ2n) is 3.67. The van der Waals surface area contributed by atoms with Crippen LogP contribution in [-0.4, -0.2) is 44.9 Å². The maximum atomic E-state index is 10.1. The van der Waals surface area contributed by atoms with E-state index in [0.29, 0.717) is 6.42 Å². The number of carbonyl (C=O) groups excluding carboxylic acids is 2. The van der Waals surface area contributed by atoms with Crippen molar-refractivity contribution in [3.63, 3.8) is 0 Å². The number of aliphatic imine (C=N–C) groups is 2. The summed E-state index contributed by atoms with van der Waals surface area (Å²) in [5.74, 6) is 0. The van der Waals surface area contributed by atoms with Crippen LogP contribution in [0.4, 0.5) is 0 Å². The SMILES string of the molecule is CC1(N=C=O)CCCC(N=C=O)C1.CN.CN.CN. The molecule has 6 N–H and O–H groups in total. The third kappa shape index (κ3) is 11.5. The lowest BCUT2D eigenvalue weighted by atomic mass is 9.81. The minimum Gasteiger partial charge on any atom is -0.333 e. The molecular formula is C12H27N5O2. The van der Waals surface area contributed by atoms with Crippen molar-refractivity contribution in [1.29, 1.82) is 0 Å². The molecule has 0 amide bonds. The summed E-state index contributed by atoms with van der Waals surface area (Å²) in [6, 6.07) is -0.0200. The molecule has 0 bridgehead atoms. The van der Waals surface area contributed by atoms with Crippen molar-refractivity contribution in [3.8, 4) is 0 Å². The molecule has 0 heterocycles. The number of isocyanates is 2. The van der Waals surface area contributed by atoms with Crippen LogP contribution < -0.4 is 17.2 Å². The minimum absolute atomic E-state index is 0.0200. The largest absolute Gasteiger partial charge is 0.333 e. The van der Waals surface area contributed by atoms with Crippen molar-refractivity contribution in [1.82, 2.24) is 0 Å². The van der Waals surface area contributed by atoms with E-state index in [1.165, 1.54) is 21.1 Å². The zero-order chi connectivity index (χ0) is 15.7. The Morgan fingerprint density at radius 3 is 2.00 bits per heavy atom. The molecule has 0 aromatic heterocycles. The summed E-state index contributed by atoms with van der Waals surface area (Å²) in [5.41, 5.74) is 13.1. The molecule has 0 aromatic carbocycles. The highest BCUT2D eigenvalue weighted by molar-refractivity contribution is 5.36. The summed E-state index contributed by atoms with van der Waals surface area (Å²) < 4.78 is 0. The summed E-state index contributed by atoms with van der Waals surface area (Å²) in [6.45, 7) is 1.89. The van der Waals surface area contributed by atoms with Gasteiger partial charge in [0.05, 0.1) is 11.6 Å². The van der Waals surface area contributed by atoms with Crippen molar-refractivity contribution in [3.05, 3.63) is 0 Å². The highest BCUT2D eigenvalue weighted by Crippen LogP contribution is 2.32. The van der Waals surface area contributed by atoms with Gasteiger partial charge in [-0.2, -0.15) is 4.99 Å². The van der Waals surface area contributed by atoms with Gasteiger partial charge in [0.1, 0.15) is 0 Å². The van der Waals surface area contributed by atoms with E-state index >= 15 is 0 Å². The fraction of sp³-hybridized carbons (Fsp3) is 0.833. The molecule has 0 radical (unpaired) electrons. The normalized spacial score (nSPS) is 23.4. The van der Waals surface area contributed by atoms with Crippen LogP contribution in [0.2, 0.25) is 0 Å². The van der Waals surface area contributed by atoms with Gasteiger partial charge in [0.25, 0.3) is 0 Å². The monoisotopic (exact) mass is 273 g/mol. The molecule has 1 rings (SSSR count). The Morgan fingerprint density at radius 2 is 1.58 bits per heavy atom. The number of rotatable bonds is 2. The Bertz CT molecular complexity index is 286. The minimum atomic E-state index is -0.370. The van der Waals surface area contributed by atoms with Crippen LogP contribution in [0.3, 0.4) is 0 Å². The summed E-state index contributed by atoms with van der Waals surface area (Å²) in [7, 11) is 4.50. The number of nitrogens with two attached hydrogens (primary N) is 3. The highest BCUT2D eigenvalue weighted by Gasteiger charge is 2.31. The predicted molar refractivity (Wildman–Crippen MR) is 77.2 cm³/mol. The molecule has 1 fully saturated rings. The molecule has 7 heteroatoms.